The molecule has 0 aromatic carbocycles. The first kappa shape index (κ1) is 19.2. The standard InChI is InChI=1S/C14H21N3O.2ClH/c1-10-5-3-7-13(16-10)14(18)17-11(2)12-6-4-8-15-9-12;;/h3,5,7,11-12,15H,4,6,8-9H2,1-2H3,(H,17,18);2*1H. The monoisotopic (exact) mass is 319 g/mol. The zero-order chi connectivity index (χ0) is 13.0. The van der Waals surface area contributed by atoms with Gasteiger partial charge in [-0.1, -0.05) is 6.07 Å². The molecule has 1 aliphatic rings. The van der Waals surface area contributed by atoms with Gasteiger partial charge < -0.3 is 10.6 Å². The van der Waals surface area contributed by atoms with E-state index in [0.29, 0.717) is 11.6 Å². The van der Waals surface area contributed by atoms with Gasteiger partial charge in [0, 0.05) is 11.7 Å². The molecule has 0 spiro atoms. The van der Waals surface area contributed by atoms with E-state index in [1.165, 1.54) is 12.8 Å². The topological polar surface area (TPSA) is 54.0 Å². The summed E-state index contributed by atoms with van der Waals surface area (Å²) in [6.45, 7) is 6.05. The zero-order valence-electron chi connectivity index (χ0n) is 11.9. The lowest BCUT2D eigenvalue weighted by molar-refractivity contribution is 0.0916. The summed E-state index contributed by atoms with van der Waals surface area (Å²) in [5.41, 5.74) is 1.38. The Morgan fingerprint density at radius 2 is 2.20 bits per heavy atom. The van der Waals surface area contributed by atoms with Gasteiger partial charge >= 0.3 is 0 Å². The molecule has 0 radical (unpaired) electrons. The second-order valence-corrected chi connectivity index (χ2v) is 5.03. The summed E-state index contributed by atoms with van der Waals surface area (Å²) in [7, 11) is 0. The first-order valence-electron chi connectivity index (χ1n) is 6.62. The van der Waals surface area contributed by atoms with Crippen LogP contribution in [0.25, 0.3) is 0 Å². The highest BCUT2D eigenvalue weighted by atomic mass is 35.5. The molecule has 1 aromatic rings. The van der Waals surface area contributed by atoms with E-state index in [0.717, 1.165) is 18.8 Å². The van der Waals surface area contributed by atoms with Crippen LogP contribution in [0.15, 0.2) is 18.2 Å². The van der Waals surface area contributed by atoms with Crippen molar-refractivity contribution >= 4 is 30.7 Å². The molecule has 20 heavy (non-hydrogen) atoms. The lowest BCUT2D eigenvalue weighted by atomic mass is 9.93. The lowest BCUT2D eigenvalue weighted by Crippen LogP contribution is -2.44. The summed E-state index contributed by atoms with van der Waals surface area (Å²) in [4.78, 5) is 16.3. The molecular formula is C14H23Cl2N3O. The third kappa shape index (κ3) is 5.27. The number of aromatic nitrogens is 1. The van der Waals surface area contributed by atoms with Crippen molar-refractivity contribution in [3.8, 4) is 0 Å². The fourth-order valence-electron chi connectivity index (χ4n) is 2.37. The lowest BCUT2D eigenvalue weighted by Gasteiger charge is -2.28. The van der Waals surface area contributed by atoms with Gasteiger partial charge in [0.1, 0.15) is 5.69 Å². The number of hydrogen-bond acceptors (Lipinski definition) is 3. The largest absolute Gasteiger partial charge is 0.348 e. The molecule has 2 heterocycles. The van der Waals surface area contributed by atoms with E-state index in [-0.39, 0.29) is 36.8 Å². The number of nitrogens with zero attached hydrogens (tertiary/aromatic N) is 1. The van der Waals surface area contributed by atoms with Gasteiger partial charge in [-0.05, 0) is 57.8 Å². The van der Waals surface area contributed by atoms with Crippen LogP contribution in [0.3, 0.4) is 0 Å². The van der Waals surface area contributed by atoms with Gasteiger partial charge in [0.25, 0.3) is 5.91 Å². The summed E-state index contributed by atoms with van der Waals surface area (Å²) in [6.07, 6.45) is 2.36. The molecule has 6 heteroatoms. The van der Waals surface area contributed by atoms with E-state index in [1.54, 1.807) is 6.07 Å². The van der Waals surface area contributed by atoms with Crippen molar-refractivity contribution in [2.24, 2.45) is 5.92 Å². The third-order valence-electron chi connectivity index (χ3n) is 3.52. The highest BCUT2D eigenvalue weighted by molar-refractivity contribution is 5.92. The maximum absolute atomic E-state index is 12.1. The van der Waals surface area contributed by atoms with Crippen molar-refractivity contribution in [1.29, 1.82) is 0 Å². The SMILES string of the molecule is Cc1cccc(C(=O)NC(C)C2CCCNC2)n1.Cl.Cl. The van der Waals surface area contributed by atoms with Crippen molar-refractivity contribution in [3.63, 3.8) is 0 Å². The first-order chi connectivity index (χ1) is 8.66. The fraction of sp³-hybridized carbons (Fsp3) is 0.571. The van der Waals surface area contributed by atoms with E-state index >= 15 is 0 Å². The molecule has 1 aromatic heterocycles. The van der Waals surface area contributed by atoms with E-state index in [9.17, 15) is 4.79 Å². The summed E-state index contributed by atoms with van der Waals surface area (Å²) < 4.78 is 0. The van der Waals surface area contributed by atoms with Gasteiger partial charge in [-0.3, -0.25) is 4.79 Å². The van der Waals surface area contributed by atoms with E-state index in [1.807, 2.05) is 19.1 Å². The van der Waals surface area contributed by atoms with Gasteiger partial charge in [-0.15, -0.1) is 24.8 Å². The molecule has 0 aliphatic carbocycles. The molecule has 114 valence electrons. The third-order valence-corrected chi connectivity index (χ3v) is 3.52. The van der Waals surface area contributed by atoms with Crippen LogP contribution in [0.5, 0.6) is 0 Å². The molecule has 0 bridgehead atoms. The number of amides is 1. The molecule has 1 amide bonds. The Balaban J connectivity index is 0.00000180. The average molecular weight is 320 g/mol. The maximum atomic E-state index is 12.1. The van der Waals surface area contributed by atoms with Crippen LogP contribution in [0.1, 0.15) is 35.9 Å². The van der Waals surface area contributed by atoms with E-state index in [2.05, 4.69) is 22.5 Å². The Hall–Kier alpha value is -0.840. The Bertz CT molecular complexity index is 423. The molecular weight excluding hydrogens is 297 g/mol. The summed E-state index contributed by atoms with van der Waals surface area (Å²) >= 11 is 0. The normalized spacial score (nSPS) is 19.2. The van der Waals surface area contributed by atoms with Crippen LogP contribution in [-0.2, 0) is 0 Å². The predicted molar refractivity (Wildman–Crippen MR) is 86.0 cm³/mol. The number of piperidine rings is 1. The smallest absolute Gasteiger partial charge is 0.270 e. The van der Waals surface area contributed by atoms with Gasteiger partial charge in [-0.2, -0.15) is 0 Å². The van der Waals surface area contributed by atoms with Crippen LogP contribution in [-0.4, -0.2) is 30.0 Å². The van der Waals surface area contributed by atoms with Gasteiger partial charge in [0.05, 0.1) is 0 Å². The highest BCUT2D eigenvalue weighted by Gasteiger charge is 2.21. The number of rotatable bonds is 3. The molecule has 2 atom stereocenters. The number of carbonyl (C=O) groups excluding carboxylic acids is 1. The Labute approximate surface area is 132 Å². The number of carbonyl (C=O) groups is 1. The first-order valence-corrected chi connectivity index (χ1v) is 6.62. The average Bonchev–Trinajstić information content (AvgIpc) is 2.39. The molecule has 2 N–H and O–H groups in total. The number of nitrogens with one attached hydrogen (secondary N) is 2. The fourth-order valence-corrected chi connectivity index (χ4v) is 2.37. The van der Waals surface area contributed by atoms with Crippen LogP contribution < -0.4 is 10.6 Å². The second-order valence-electron chi connectivity index (χ2n) is 5.03. The van der Waals surface area contributed by atoms with Gasteiger partial charge in [-0.25, -0.2) is 4.98 Å². The van der Waals surface area contributed by atoms with E-state index < -0.39 is 0 Å². The zero-order valence-corrected chi connectivity index (χ0v) is 13.5. The molecule has 1 fully saturated rings. The van der Waals surface area contributed by atoms with Gasteiger partial charge in [0.2, 0.25) is 0 Å². The molecule has 4 nitrogen and oxygen atoms in total. The van der Waals surface area contributed by atoms with Crippen LogP contribution in [0.2, 0.25) is 0 Å². The molecule has 0 saturated carbocycles. The summed E-state index contributed by atoms with van der Waals surface area (Å²) in [5, 5.41) is 6.42. The van der Waals surface area contributed by atoms with Crippen molar-refractivity contribution in [2.75, 3.05) is 13.1 Å². The number of pyridine rings is 1. The van der Waals surface area contributed by atoms with Crippen molar-refractivity contribution in [2.45, 2.75) is 32.7 Å². The number of aryl methyl sites for hydroxylation is 1. The van der Waals surface area contributed by atoms with Crippen molar-refractivity contribution in [1.82, 2.24) is 15.6 Å². The molecule has 1 aliphatic heterocycles. The van der Waals surface area contributed by atoms with Gasteiger partial charge in [0.15, 0.2) is 0 Å². The number of halogens is 2. The second kappa shape index (κ2) is 9.16. The van der Waals surface area contributed by atoms with E-state index in [4.69, 9.17) is 0 Å². The minimum Gasteiger partial charge on any atom is -0.348 e. The highest BCUT2D eigenvalue weighted by Crippen LogP contribution is 2.14. The Morgan fingerprint density at radius 1 is 1.45 bits per heavy atom. The number of hydrogen-bond donors (Lipinski definition) is 2. The minimum atomic E-state index is -0.0724. The minimum absolute atomic E-state index is 0. The van der Waals surface area contributed by atoms with Crippen LogP contribution in [0, 0.1) is 12.8 Å². The molecule has 2 rings (SSSR count). The van der Waals surface area contributed by atoms with Crippen molar-refractivity contribution in [3.05, 3.63) is 29.6 Å². The quantitative estimate of drug-likeness (QED) is 0.899. The maximum Gasteiger partial charge on any atom is 0.270 e. The molecule has 1 saturated heterocycles. The predicted octanol–water partition coefficient (Wildman–Crippen LogP) is 2.35. The summed E-state index contributed by atoms with van der Waals surface area (Å²) in [5.74, 6) is 0.448. The Kier molecular flexibility index (Phi) is 8.78. The molecule has 2 unspecified atom stereocenters. The summed E-state index contributed by atoms with van der Waals surface area (Å²) in [6, 6.07) is 5.70. The van der Waals surface area contributed by atoms with Crippen LogP contribution in [0.4, 0.5) is 0 Å². The van der Waals surface area contributed by atoms with Crippen LogP contribution >= 0.6 is 24.8 Å². The van der Waals surface area contributed by atoms with Crippen molar-refractivity contribution < 1.29 is 4.79 Å². The Morgan fingerprint density at radius 3 is 2.80 bits per heavy atom.